The van der Waals surface area contributed by atoms with E-state index in [0.29, 0.717) is 0 Å². The van der Waals surface area contributed by atoms with E-state index in [1.807, 2.05) is 0 Å². The van der Waals surface area contributed by atoms with E-state index in [1.165, 1.54) is 6.92 Å². The van der Waals surface area contributed by atoms with Crippen LogP contribution in [0.3, 0.4) is 0 Å². The summed E-state index contributed by atoms with van der Waals surface area (Å²) in [6.45, 7) is 2.26. The summed E-state index contributed by atoms with van der Waals surface area (Å²) in [6, 6.07) is 0. The van der Waals surface area contributed by atoms with Gasteiger partial charge in [-0.15, -0.1) is 0 Å². The molecule has 0 aromatic heterocycles. The average molecular weight is 172 g/mol. The Bertz CT molecular complexity index is 105. The van der Waals surface area contributed by atoms with E-state index in [1.54, 1.807) is 0 Å². The molecule has 4 unspecified atom stereocenters. The van der Waals surface area contributed by atoms with Crippen LogP contribution in [0.2, 0.25) is 0 Å². The van der Waals surface area contributed by atoms with Gasteiger partial charge in [0.15, 0.2) is 12.3 Å². The normalized spacial score (nSPS) is 22.4. The molecule has 0 spiro atoms. The quantitative estimate of drug-likeness (QED) is 0.572. The molecule has 0 saturated heterocycles. The molecule has 0 nitrogen and oxygen atoms in total. The first-order valence-electron chi connectivity index (χ1n) is 3.57. The summed E-state index contributed by atoms with van der Waals surface area (Å²) in [6.07, 6.45) is -8.66. The van der Waals surface area contributed by atoms with Gasteiger partial charge in [-0.25, -0.2) is 17.6 Å². The highest BCUT2D eigenvalue weighted by Crippen LogP contribution is 2.18. The Balaban J connectivity index is 3.90. The van der Waals surface area contributed by atoms with Crippen molar-refractivity contribution in [3.63, 3.8) is 0 Å². The minimum Gasteiger partial charge on any atom is -0.244 e. The van der Waals surface area contributed by atoms with Gasteiger partial charge in [-0.05, 0) is 13.3 Å². The first-order chi connectivity index (χ1) is 5.00. The first-order valence-corrected chi connectivity index (χ1v) is 3.57. The summed E-state index contributed by atoms with van der Waals surface area (Å²) in [5.41, 5.74) is 0. The molecule has 0 fully saturated rings. The third-order valence-corrected chi connectivity index (χ3v) is 1.48. The third-order valence-electron chi connectivity index (χ3n) is 1.48. The van der Waals surface area contributed by atoms with Crippen molar-refractivity contribution in [3.8, 4) is 0 Å². The summed E-state index contributed by atoms with van der Waals surface area (Å²) >= 11 is 0. The number of rotatable bonds is 4. The standard InChI is InChI=1S/C7H12F4/c1-3-5(9)7(11)6(10)4(2)8/h4-7H,3H2,1-2H3. The van der Waals surface area contributed by atoms with E-state index >= 15 is 0 Å². The molecule has 0 heterocycles. The smallest absolute Gasteiger partial charge is 0.165 e. The van der Waals surface area contributed by atoms with Gasteiger partial charge in [0.2, 0.25) is 0 Å². The van der Waals surface area contributed by atoms with Crippen LogP contribution in [0.5, 0.6) is 0 Å². The van der Waals surface area contributed by atoms with Crippen molar-refractivity contribution in [3.05, 3.63) is 0 Å². The Morgan fingerprint density at radius 2 is 1.45 bits per heavy atom. The van der Waals surface area contributed by atoms with Crippen molar-refractivity contribution in [2.45, 2.75) is 45.0 Å². The zero-order valence-electron chi connectivity index (χ0n) is 6.53. The van der Waals surface area contributed by atoms with Crippen molar-refractivity contribution in [2.24, 2.45) is 0 Å². The molecular formula is C7H12F4. The Hall–Kier alpha value is -0.280. The van der Waals surface area contributed by atoms with Gasteiger partial charge >= 0.3 is 0 Å². The van der Waals surface area contributed by atoms with Crippen molar-refractivity contribution in [1.82, 2.24) is 0 Å². The number of halogens is 4. The first kappa shape index (κ1) is 10.7. The Kier molecular flexibility index (Phi) is 4.45. The average Bonchev–Trinajstić information content (AvgIpc) is 2.00. The molecule has 0 rings (SSSR count). The summed E-state index contributed by atoms with van der Waals surface area (Å²) in [4.78, 5) is 0. The lowest BCUT2D eigenvalue weighted by atomic mass is 10.1. The molecule has 0 aliphatic heterocycles. The van der Waals surface area contributed by atoms with Gasteiger partial charge in [0.1, 0.15) is 12.3 Å². The lowest BCUT2D eigenvalue weighted by molar-refractivity contribution is 0.0376. The van der Waals surface area contributed by atoms with Crippen molar-refractivity contribution >= 4 is 0 Å². The molecule has 11 heavy (non-hydrogen) atoms. The highest BCUT2D eigenvalue weighted by atomic mass is 19.2. The number of alkyl halides is 4. The largest absolute Gasteiger partial charge is 0.244 e. The molecular weight excluding hydrogens is 160 g/mol. The Morgan fingerprint density at radius 3 is 1.73 bits per heavy atom. The van der Waals surface area contributed by atoms with Crippen LogP contribution < -0.4 is 0 Å². The molecule has 0 saturated carbocycles. The summed E-state index contributed by atoms with van der Waals surface area (Å²) in [7, 11) is 0. The van der Waals surface area contributed by atoms with E-state index in [9.17, 15) is 17.6 Å². The zero-order chi connectivity index (χ0) is 9.02. The monoisotopic (exact) mass is 172 g/mol. The second-order valence-corrected chi connectivity index (χ2v) is 2.49. The minimum absolute atomic E-state index is 0.131. The van der Waals surface area contributed by atoms with Gasteiger partial charge in [0, 0.05) is 0 Å². The van der Waals surface area contributed by atoms with Crippen LogP contribution in [0.25, 0.3) is 0 Å². The fraction of sp³-hybridized carbons (Fsp3) is 1.00. The van der Waals surface area contributed by atoms with Gasteiger partial charge in [-0.1, -0.05) is 6.92 Å². The SMILES string of the molecule is CCC(F)C(F)C(F)C(C)F. The number of hydrogen-bond donors (Lipinski definition) is 0. The van der Waals surface area contributed by atoms with Crippen LogP contribution in [0.15, 0.2) is 0 Å². The fourth-order valence-electron chi connectivity index (χ4n) is 0.678. The van der Waals surface area contributed by atoms with Gasteiger partial charge in [0.05, 0.1) is 0 Å². The second kappa shape index (κ2) is 4.57. The lowest BCUT2D eigenvalue weighted by Crippen LogP contribution is -2.33. The van der Waals surface area contributed by atoms with Crippen LogP contribution in [0.1, 0.15) is 20.3 Å². The Labute approximate surface area is 63.6 Å². The molecule has 0 aromatic carbocycles. The van der Waals surface area contributed by atoms with Crippen LogP contribution in [-0.2, 0) is 0 Å². The molecule has 0 bridgehead atoms. The summed E-state index contributed by atoms with van der Waals surface area (Å²) < 4.78 is 49.2. The van der Waals surface area contributed by atoms with E-state index in [4.69, 9.17) is 0 Å². The van der Waals surface area contributed by atoms with Gasteiger partial charge in [0.25, 0.3) is 0 Å². The van der Waals surface area contributed by atoms with Crippen molar-refractivity contribution < 1.29 is 17.6 Å². The summed E-state index contributed by atoms with van der Waals surface area (Å²) in [5, 5.41) is 0. The highest BCUT2D eigenvalue weighted by Gasteiger charge is 2.32. The van der Waals surface area contributed by atoms with Crippen LogP contribution >= 0.6 is 0 Å². The molecule has 0 amide bonds. The predicted octanol–water partition coefficient (Wildman–Crippen LogP) is 2.77. The highest BCUT2D eigenvalue weighted by molar-refractivity contribution is 4.79. The van der Waals surface area contributed by atoms with Gasteiger partial charge < -0.3 is 0 Å². The summed E-state index contributed by atoms with van der Waals surface area (Å²) in [5.74, 6) is 0. The lowest BCUT2D eigenvalue weighted by Gasteiger charge is -2.16. The minimum atomic E-state index is -2.34. The maximum absolute atomic E-state index is 12.5. The predicted molar refractivity (Wildman–Crippen MR) is 35.5 cm³/mol. The third kappa shape index (κ3) is 3.08. The van der Waals surface area contributed by atoms with Crippen molar-refractivity contribution in [1.29, 1.82) is 0 Å². The van der Waals surface area contributed by atoms with E-state index in [-0.39, 0.29) is 6.42 Å². The maximum atomic E-state index is 12.5. The molecule has 0 radical (unpaired) electrons. The van der Waals surface area contributed by atoms with Crippen LogP contribution in [0.4, 0.5) is 17.6 Å². The second-order valence-electron chi connectivity index (χ2n) is 2.49. The van der Waals surface area contributed by atoms with Crippen LogP contribution in [-0.4, -0.2) is 24.7 Å². The fourth-order valence-corrected chi connectivity index (χ4v) is 0.678. The molecule has 68 valence electrons. The van der Waals surface area contributed by atoms with Crippen molar-refractivity contribution in [2.75, 3.05) is 0 Å². The molecule has 0 N–H and O–H groups in total. The molecule has 4 heteroatoms. The Morgan fingerprint density at radius 1 is 1.00 bits per heavy atom. The molecule has 0 aliphatic rings. The van der Waals surface area contributed by atoms with E-state index in [0.717, 1.165) is 6.92 Å². The number of hydrogen-bond acceptors (Lipinski definition) is 0. The zero-order valence-corrected chi connectivity index (χ0v) is 6.53. The topological polar surface area (TPSA) is 0 Å². The van der Waals surface area contributed by atoms with E-state index < -0.39 is 24.7 Å². The molecule has 0 aliphatic carbocycles. The van der Waals surface area contributed by atoms with Crippen LogP contribution in [0, 0.1) is 0 Å². The van der Waals surface area contributed by atoms with E-state index in [2.05, 4.69) is 0 Å². The molecule has 4 atom stereocenters. The van der Waals surface area contributed by atoms with Gasteiger partial charge in [-0.3, -0.25) is 0 Å². The maximum Gasteiger partial charge on any atom is 0.165 e. The van der Waals surface area contributed by atoms with Gasteiger partial charge in [-0.2, -0.15) is 0 Å². The molecule has 0 aromatic rings.